The molecule has 1 aliphatic heterocycles. The fraction of sp³-hybridized carbons (Fsp3) is 0.950. The lowest BCUT2D eigenvalue weighted by atomic mass is 9.99. The number of unbranched alkanes of at least 4 members (excludes halogenated alkanes) is 23. The van der Waals surface area contributed by atoms with Gasteiger partial charge in [-0.3, -0.25) is 9.59 Å². The summed E-state index contributed by atoms with van der Waals surface area (Å²) in [5.41, 5.74) is 0. The highest BCUT2D eigenvalue weighted by molar-refractivity contribution is 5.70. The predicted octanol–water partition coefficient (Wildman–Crippen LogP) is 7.83. The molecule has 1 heterocycles. The number of hydrogen-bond donors (Lipinski definition) is 4. The van der Waals surface area contributed by atoms with Gasteiger partial charge in [-0.15, -0.1) is 0 Å². The summed E-state index contributed by atoms with van der Waals surface area (Å²) in [4.78, 5) is 24.6. The van der Waals surface area contributed by atoms with Gasteiger partial charge in [0.15, 0.2) is 12.4 Å². The number of ether oxygens (including phenoxy) is 4. The highest BCUT2D eigenvalue weighted by Gasteiger charge is 2.44. The number of carbonyl (C=O) groups excluding carboxylic acids is 2. The SMILES string of the molecule is CCCCCCCCCCCCCCCCCCCCCCCCCC(=O)OC(COC(=O)CCCC)COC1OC(CO)C(O)C(O)C1O. The fourth-order valence-electron chi connectivity index (χ4n) is 6.40. The Balaban J connectivity index is 2.10. The van der Waals surface area contributed by atoms with Crippen molar-refractivity contribution in [3.8, 4) is 0 Å². The van der Waals surface area contributed by atoms with Crippen LogP contribution >= 0.6 is 0 Å². The number of rotatable bonds is 34. The molecule has 1 saturated heterocycles. The van der Waals surface area contributed by atoms with E-state index in [1.807, 2.05) is 6.92 Å². The van der Waals surface area contributed by atoms with Crippen molar-refractivity contribution < 1.29 is 49.0 Å². The maximum absolute atomic E-state index is 12.6. The Kier molecular flexibility index (Phi) is 30.2. The van der Waals surface area contributed by atoms with E-state index in [4.69, 9.17) is 18.9 Å². The summed E-state index contributed by atoms with van der Waals surface area (Å²) in [6, 6.07) is 0. The van der Waals surface area contributed by atoms with Gasteiger partial charge in [-0.2, -0.15) is 0 Å². The molecule has 0 saturated carbocycles. The molecule has 0 aromatic rings. The first-order valence-electron chi connectivity index (χ1n) is 20.6. The van der Waals surface area contributed by atoms with Crippen molar-refractivity contribution in [3.05, 3.63) is 0 Å². The minimum Gasteiger partial charge on any atom is -0.462 e. The van der Waals surface area contributed by atoms with E-state index in [9.17, 15) is 30.0 Å². The summed E-state index contributed by atoms with van der Waals surface area (Å²) in [6.07, 6.45) is 24.0. The third kappa shape index (κ3) is 24.0. The second-order valence-electron chi connectivity index (χ2n) is 14.5. The van der Waals surface area contributed by atoms with E-state index in [1.54, 1.807) is 0 Å². The van der Waals surface area contributed by atoms with Crippen LogP contribution in [0.25, 0.3) is 0 Å². The van der Waals surface area contributed by atoms with E-state index in [1.165, 1.54) is 122 Å². The van der Waals surface area contributed by atoms with Gasteiger partial charge in [0.1, 0.15) is 31.0 Å². The molecule has 0 aromatic carbocycles. The van der Waals surface area contributed by atoms with Crippen molar-refractivity contribution in [2.75, 3.05) is 19.8 Å². The largest absolute Gasteiger partial charge is 0.462 e. The first-order chi connectivity index (χ1) is 24.3. The van der Waals surface area contributed by atoms with Crippen molar-refractivity contribution in [2.45, 2.75) is 224 Å². The molecule has 6 unspecified atom stereocenters. The van der Waals surface area contributed by atoms with Crippen LogP contribution in [0.5, 0.6) is 0 Å². The first-order valence-corrected chi connectivity index (χ1v) is 20.6. The lowest BCUT2D eigenvalue weighted by Gasteiger charge is -2.39. The quantitative estimate of drug-likeness (QED) is 0.0383. The minimum atomic E-state index is -1.59. The van der Waals surface area contributed by atoms with Gasteiger partial charge < -0.3 is 39.4 Å². The molecule has 0 amide bonds. The van der Waals surface area contributed by atoms with Crippen molar-refractivity contribution in [2.24, 2.45) is 0 Å². The zero-order chi connectivity index (χ0) is 36.7. The number of aliphatic hydroxyl groups is 4. The predicted molar refractivity (Wildman–Crippen MR) is 197 cm³/mol. The molecule has 10 nitrogen and oxygen atoms in total. The Bertz CT molecular complexity index is 794. The van der Waals surface area contributed by atoms with E-state index >= 15 is 0 Å². The van der Waals surface area contributed by atoms with Crippen molar-refractivity contribution >= 4 is 11.9 Å². The number of carbonyl (C=O) groups is 2. The zero-order valence-electron chi connectivity index (χ0n) is 31.9. The monoisotopic (exact) mass is 717 g/mol. The van der Waals surface area contributed by atoms with E-state index in [-0.39, 0.29) is 26.1 Å². The molecule has 1 aliphatic rings. The topological polar surface area (TPSA) is 152 Å². The van der Waals surface area contributed by atoms with Crippen LogP contribution in [0.2, 0.25) is 0 Å². The van der Waals surface area contributed by atoms with Gasteiger partial charge in [-0.1, -0.05) is 162 Å². The summed E-state index contributed by atoms with van der Waals surface area (Å²) >= 11 is 0. The molecular formula is C40H76O10. The highest BCUT2D eigenvalue weighted by Crippen LogP contribution is 2.23. The minimum absolute atomic E-state index is 0.217. The maximum Gasteiger partial charge on any atom is 0.306 e. The van der Waals surface area contributed by atoms with Crippen LogP contribution in [0.3, 0.4) is 0 Å². The third-order valence-corrected chi connectivity index (χ3v) is 9.74. The summed E-state index contributed by atoms with van der Waals surface area (Å²) in [7, 11) is 0. The summed E-state index contributed by atoms with van der Waals surface area (Å²) in [5, 5.41) is 39.6. The Morgan fingerprint density at radius 2 is 0.960 bits per heavy atom. The summed E-state index contributed by atoms with van der Waals surface area (Å²) < 4.78 is 21.7. The summed E-state index contributed by atoms with van der Waals surface area (Å²) in [5.74, 6) is -0.837. The molecule has 0 bridgehead atoms. The van der Waals surface area contributed by atoms with Gasteiger partial charge in [-0.25, -0.2) is 0 Å². The van der Waals surface area contributed by atoms with Crippen LogP contribution < -0.4 is 0 Å². The smallest absolute Gasteiger partial charge is 0.306 e. The molecule has 4 N–H and O–H groups in total. The Morgan fingerprint density at radius 3 is 1.40 bits per heavy atom. The lowest BCUT2D eigenvalue weighted by Crippen LogP contribution is -2.59. The van der Waals surface area contributed by atoms with E-state index < -0.39 is 55.4 Å². The molecule has 296 valence electrons. The third-order valence-electron chi connectivity index (χ3n) is 9.74. The second kappa shape index (κ2) is 32.4. The molecule has 10 heteroatoms. The average molecular weight is 717 g/mol. The van der Waals surface area contributed by atoms with Gasteiger partial charge in [0.2, 0.25) is 0 Å². The van der Waals surface area contributed by atoms with Crippen LogP contribution in [0.1, 0.15) is 187 Å². The molecule has 0 aliphatic carbocycles. The average Bonchev–Trinajstić information content (AvgIpc) is 3.11. The molecule has 0 spiro atoms. The van der Waals surface area contributed by atoms with Crippen LogP contribution in [0, 0.1) is 0 Å². The normalized spacial score (nSPS) is 21.3. The van der Waals surface area contributed by atoms with E-state index in [0.29, 0.717) is 12.8 Å². The van der Waals surface area contributed by atoms with Gasteiger partial charge >= 0.3 is 11.9 Å². The van der Waals surface area contributed by atoms with Crippen molar-refractivity contribution in [3.63, 3.8) is 0 Å². The summed E-state index contributed by atoms with van der Waals surface area (Å²) in [6.45, 7) is 3.17. The van der Waals surface area contributed by atoms with Gasteiger partial charge in [0.05, 0.1) is 13.2 Å². The van der Waals surface area contributed by atoms with Crippen molar-refractivity contribution in [1.29, 1.82) is 0 Å². The molecule has 6 atom stereocenters. The Hall–Kier alpha value is -1.30. The Morgan fingerprint density at radius 1 is 0.540 bits per heavy atom. The zero-order valence-corrected chi connectivity index (χ0v) is 31.9. The molecular weight excluding hydrogens is 640 g/mol. The van der Waals surface area contributed by atoms with E-state index in [0.717, 1.165) is 25.7 Å². The number of aliphatic hydroxyl groups excluding tert-OH is 4. The molecule has 0 radical (unpaired) electrons. The number of hydrogen-bond acceptors (Lipinski definition) is 10. The molecule has 50 heavy (non-hydrogen) atoms. The van der Waals surface area contributed by atoms with Crippen LogP contribution in [-0.2, 0) is 28.5 Å². The first kappa shape index (κ1) is 46.7. The Labute approximate surface area is 304 Å². The van der Waals surface area contributed by atoms with Crippen molar-refractivity contribution in [1.82, 2.24) is 0 Å². The molecule has 0 aromatic heterocycles. The lowest BCUT2D eigenvalue weighted by molar-refractivity contribution is -0.305. The second-order valence-corrected chi connectivity index (χ2v) is 14.5. The van der Waals surface area contributed by atoms with Crippen LogP contribution in [0.4, 0.5) is 0 Å². The standard InChI is InChI=1S/C40H76O10/c1-3-5-7-8-9-10-11-12-13-14-15-16-17-18-19-20-21-22-23-24-25-26-27-29-36(43)49-33(31-47-35(42)28-6-4-2)32-48-40-39(46)38(45)37(44)34(30-41)50-40/h33-34,37-41,44-46H,3-32H2,1-2H3. The van der Waals surface area contributed by atoms with Gasteiger partial charge in [0.25, 0.3) is 0 Å². The van der Waals surface area contributed by atoms with Crippen LogP contribution in [-0.4, -0.2) is 89.0 Å². The van der Waals surface area contributed by atoms with Crippen LogP contribution in [0.15, 0.2) is 0 Å². The maximum atomic E-state index is 12.6. The molecule has 1 fully saturated rings. The number of esters is 2. The fourth-order valence-corrected chi connectivity index (χ4v) is 6.40. The van der Waals surface area contributed by atoms with Gasteiger partial charge in [0, 0.05) is 12.8 Å². The molecule has 1 rings (SSSR count). The highest BCUT2D eigenvalue weighted by atomic mass is 16.7. The van der Waals surface area contributed by atoms with Gasteiger partial charge in [-0.05, 0) is 12.8 Å². The van der Waals surface area contributed by atoms with E-state index in [2.05, 4.69) is 6.92 Å².